The number of rotatable bonds is 7. The summed E-state index contributed by atoms with van der Waals surface area (Å²) in [7, 11) is -3.73. The Hall–Kier alpha value is -2.49. The van der Waals surface area contributed by atoms with Gasteiger partial charge in [0, 0.05) is 5.69 Å². The number of amides is 1. The number of carbonyl (C=O) groups excluding carboxylic acids is 1. The third kappa shape index (κ3) is 5.53. The molecule has 3 rings (SSSR count). The van der Waals surface area contributed by atoms with E-state index < -0.39 is 15.8 Å². The Morgan fingerprint density at radius 1 is 1.17 bits per heavy atom. The summed E-state index contributed by atoms with van der Waals surface area (Å²) >= 11 is 0. The van der Waals surface area contributed by atoms with Crippen molar-refractivity contribution in [1.29, 1.82) is 0 Å². The molecular formula is C20H25FN3O4S+. The fourth-order valence-corrected chi connectivity index (χ4v) is 4.70. The molecule has 0 saturated carbocycles. The van der Waals surface area contributed by atoms with E-state index >= 15 is 0 Å². The van der Waals surface area contributed by atoms with Gasteiger partial charge < -0.3 is 15.0 Å². The highest BCUT2D eigenvalue weighted by atomic mass is 32.2. The summed E-state index contributed by atoms with van der Waals surface area (Å²) < 4.78 is 45.4. The molecule has 7 nitrogen and oxygen atoms in total. The second-order valence-electron chi connectivity index (χ2n) is 6.79. The van der Waals surface area contributed by atoms with Gasteiger partial charge in [-0.25, -0.2) is 12.8 Å². The van der Waals surface area contributed by atoms with E-state index in [2.05, 4.69) is 5.32 Å². The zero-order valence-electron chi connectivity index (χ0n) is 16.2. The summed E-state index contributed by atoms with van der Waals surface area (Å²) in [6.45, 7) is 4.31. The lowest BCUT2D eigenvalue weighted by Crippen LogP contribution is -3.15. The van der Waals surface area contributed by atoms with Crippen molar-refractivity contribution in [3.63, 3.8) is 0 Å². The molecule has 0 atom stereocenters. The SMILES string of the molecule is CCOc1ccc(NC(=O)C[NH+]2CCN(S(=O)(=O)c3cccc(F)c3)CC2)cc1. The third-order valence-electron chi connectivity index (χ3n) is 4.72. The molecular weight excluding hydrogens is 397 g/mol. The average molecular weight is 423 g/mol. The summed E-state index contributed by atoms with van der Waals surface area (Å²) in [5.41, 5.74) is 0.685. The molecule has 0 unspecified atom stereocenters. The Bertz CT molecular complexity index is 942. The quantitative estimate of drug-likeness (QED) is 0.690. The lowest BCUT2D eigenvalue weighted by molar-refractivity contribution is -0.895. The van der Waals surface area contributed by atoms with Gasteiger partial charge in [-0.15, -0.1) is 0 Å². The van der Waals surface area contributed by atoms with Crippen LogP contribution in [0.25, 0.3) is 0 Å². The number of piperazine rings is 1. The number of nitrogens with zero attached hydrogens (tertiary/aromatic N) is 1. The molecule has 1 amide bonds. The summed E-state index contributed by atoms with van der Waals surface area (Å²) in [5.74, 6) is 0.0265. The number of hydrogen-bond acceptors (Lipinski definition) is 4. The first kappa shape index (κ1) is 21.2. The van der Waals surface area contributed by atoms with Crippen molar-refractivity contribution in [3.05, 3.63) is 54.3 Å². The zero-order chi connectivity index (χ0) is 20.9. The largest absolute Gasteiger partial charge is 0.494 e. The van der Waals surface area contributed by atoms with Crippen molar-refractivity contribution in [1.82, 2.24) is 4.31 Å². The maximum absolute atomic E-state index is 13.4. The molecule has 2 aromatic carbocycles. The Morgan fingerprint density at radius 3 is 2.48 bits per heavy atom. The Morgan fingerprint density at radius 2 is 1.86 bits per heavy atom. The molecule has 1 saturated heterocycles. The maximum atomic E-state index is 13.4. The number of ether oxygens (including phenoxy) is 1. The van der Waals surface area contributed by atoms with E-state index in [1.807, 2.05) is 6.92 Å². The normalized spacial score (nSPS) is 15.8. The van der Waals surface area contributed by atoms with Crippen molar-refractivity contribution in [2.75, 3.05) is 44.6 Å². The van der Waals surface area contributed by atoms with Gasteiger partial charge in [0.1, 0.15) is 11.6 Å². The van der Waals surface area contributed by atoms with E-state index in [9.17, 15) is 17.6 Å². The molecule has 2 aromatic rings. The van der Waals surface area contributed by atoms with Crippen molar-refractivity contribution in [2.45, 2.75) is 11.8 Å². The van der Waals surface area contributed by atoms with E-state index in [4.69, 9.17) is 4.74 Å². The number of quaternary nitrogens is 1. The molecule has 156 valence electrons. The van der Waals surface area contributed by atoms with Gasteiger partial charge >= 0.3 is 0 Å². The third-order valence-corrected chi connectivity index (χ3v) is 6.62. The summed E-state index contributed by atoms with van der Waals surface area (Å²) in [6, 6.07) is 12.2. The van der Waals surface area contributed by atoms with Crippen LogP contribution in [0.5, 0.6) is 5.75 Å². The van der Waals surface area contributed by atoms with Gasteiger partial charge in [-0.05, 0) is 49.4 Å². The Balaban J connectivity index is 1.51. The fraction of sp³-hybridized carbons (Fsp3) is 0.350. The van der Waals surface area contributed by atoms with Crippen LogP contribution in [0.1, 0.15) is 6.92 Å². The van der Waals surface area contributed by atoms with Crippen LogP contribution in [0.15, 0.2) is 53.4 Å². The minimum absolute atomic E-state index is 0.0470. The minimum Gasteiger partial charge on any atom is -0.494 e. The fourth-order valence-electron chi connectivity index (χ4n) is 3.23. The highest BCUT2D eigenvalue weighted by molar-refractivity contribution is 7.89. The van der Waals surface area contributed by atoms with Crippen LogP contribution >= 0.6 is 0 Å². The van der Waals surface area contributed by atoms with E-state index in [-0.39, 0.29) is 30.4 Å². The number of anilines is 1. The summed E-state index contributed by atoms with van der Waals surface area (Å²) in [5, 5.41) is 2.84. The molecule has 29 heavy (non-hydrogen) atoms. The van der Waals surface area contributed by atoms with Crippen molar-refractivity contribution in [2.24, 2.45) is 0 Å². The molecule has 0 aromatic heterocycles. The zero-order valence-corrected chi connectivity index (χ0v) is 17.0. The minimum atomic E-state index is -3.73. The molecule has 1 fully saturated rings. The molecule has 0 radical (unpaired) electrons. The van der Waals surface area contributed by atoms with E-state index in [0.29, 0.717) is 25.4 Å². The van der Waals surface area contributed by atoms with Crippen LogP contribution in [0.4, 0.5) is 10.1 Å². The van der Waals surface area contributed by atoms with Crippen LogP contribution in [-0.2, 0) is 14.8 Å². The lowest BCUT2D eigenvalue weighted by atomic mass is 10.3. The van der Waals surface area contributed by atoms with Crippen LogP contribution in [-0.4, -0.2) is 58.0 Å². The van der Waals surface area contributed by atoms with Crippen LogP contribution in [0.3, 0.4) is 0 Å². The molecule has 1 heterocycles. The first-order chi connectivity index (χ1) is 13.9. The van der Waals surface area contributed by atoms with Gasteiger partial charge in [0.15, 0.2) is 6.54 Å². The standard InChI is InChI=1S/C20H24FN3O4S/c1-2-28-18-8-6-17(7-9-18)22-20(25)15-23-10-12-24(13-11-23)29(26,27)19-5-3-4-16(21)14-19/h3-9,14H,2,10-13,15H2,1H3,(H,22,25)/p+1. The molecule has 1 aliphatic rings. The highest BCUT2D eigenvalue weighted by Gasteiger charge is 2.31. The lowest BCUT2D eigenvalue weighted by Gasteiger charge is -2.31. The first-order valence-electron chi connectivity index (χ1n) is 9.50. The van der Waals surface area contributed by atoms with Gasteiger partial charge in [-0.3, -0.25) is 4.79 Å². The van der Waals surface area contributed by atoms with E-state index in [1.54, 1.807) is 24.3 Å². The molecule has 2 N–H and O–H groups in total. The smallest absolute Gasteiger partial charge is 0.279 e. The van der Waals surface area contributed by atoms with Crippen LogP contribution in [0.2, 0.25) is 0 Å². The van der Waals surface area contributed by atoms with E-state index in [1.165, 1.54) is 22.5 Å². The van der Waals surface area contributed by atoms with Gasteiger partial charge in [0.25, 0.3) is 5.91 Å². The van der Waals surface area contributed by atoms with Crippen LogP contribution < -0.4 is 15.0 Å². The number of carbonyl (C=O) groups is 1. The molecule has 1 aliphatic heterocycles. The van der Waals surface area contributed by atoms with Crippen molar-refractivity contribution < 1.29 is 27.2 Å². The number of sulfonamides is 1. The molecule has 0 aliphatic carbocycles. The average Bonchev–Trinajstić information content (AvgIpc) is 2.70. The maximum Gasteiger partial charge on any atom is 0.279 e. The van der Waals surface area contributed by atoms with Crippen molar-refractivity contribution in [3.8, 4) is 5.75 Å². The first-order valence-corrected chi connectivity index (χ1v) is 10.9. The predicted molar refractivity (Wildman–Crippen MR) is 107 cm³/mol. The highest BCUT2D eigenvalue weighted by Crippen LogP contribution is 2.17. The van der Waals surface area contributed by atoms with Crippen LogP contribution in [0, 0.1) is 5.82 Å². The molecule has 9 heteroatoms. The molecule has 0 bridgehead atoms. The second kappa shape index (κ2) is 9.34. The number of benzene rings is 2. The predicted octanol–water partition coefficient (Wildman–Crippen LogP) is 0.752. The Labute approximate surface area is 170 Å². The monoisotopic (exact) mass is 422 g/mol. The Kier molecular flexibility index (Phi) is 6.83. The number of halogens is 1. The summed E-state index contributed by atoms with van der Waals surface area (Å²) in [6.07, 6.45) is 0. The van der Waals surface area contributed by atoms with Gasteiger partial charge in [-0.1, -0.05) is 6.07 Å². The summed E-state index contributed by atoms with van der Waals surface area (Å²) in [4.78, 5) is 13.2. The second-order valence-corrected chi connectivity index (χ2v) is 8.73. The molecule has 0 spiro atoms. The van der Waals surface area contributed by atoms with Crippen molar-refractivity contribution >= 4 is 21.6 Å². The van der Waals surface area contributed by atoms with Gasteiger partial charge in [-0.2, -0.15) is 4.31 Å². The number of nitrogens with one attached hydrogen (secondary N) is 2. The topological polar surface area (TPSA) is 80.2 Å². The number of hydrogen-bond donors (Lipinski definition) is 2. The van der Waals surface area contributed by atoms with Gasteiger partial charge in [0.2, 0.25) is 10.0 Å². The van der Waals surface area contributed by atoms with Gasteiger partial charge in [0.05, 0.1) is 37.7 Å². The van der Waals surface area contributed by atoms with E-state index in [0.717, 1.165) is 16.7 Å².